The van der Waals surface area contributed by atoms with Crippen molar-refractivity contribution in [3.8, 4) is 0 Å². The Bertz CT molecular complexity index is 336. The van der Waals surface area contributed by atoms with E-state index in [1.54, 1.807) is 0 Å². The zero-order valence-electron chi connectivity index (χ0n) is 15.8. The van der Waals surface area contributed by atoms with E-state index < -0.39 is 0 Å². The van der Waals surface area contributed by atoms with E-state index in [1.807, 2.05) is 4.90 Å². The average molecular weight is 338 g/mol. The number of rotatable bonds is 9. The van der Waals surface area contributed by atoms with E-state index in [4.69, 9.17) is 0 Å². The van der Waals surface area contributed by atoms with E-state index in [0.29, 0.717) is 6.04 Å². The molecule has 0 aromatic rings. The van der Waals surface area contributed by atoms with Crippen LogP contribution in [0.1, 0.15) is 84.0 Å². The van der Waals surface area contributed by atoms with Crippen LogP contribution >= 0.6 is 0 Å². The third-order valence-electron chi connectivity index (χ3n) is 5.66. The van der Waals surface area contributed by atoms with Crippen LogP contribution in [0.4, 0.5) is 4.79 Å². The molecular formula is C20H39N3O. The van der Waals surface area contributed by atoms with Crippen LogP contribution in [0.3, 0.4) is 0 Å². The lowest BCUT2D eigenvalue weighted by Crippen LogP contribution is -2.50. The third kappa shape index (κ3) is 7.42. The van der Waals surface area contributed by atoms with Gasteiger partial charge in [-0.25, -0.2) is 4.79 Å². The Labute approximate surface area is 149 Å². The smallest absolute Gasteiger partial charge is 0.317 e. The quantitative estimate of drug-likeness (QED) is 0.616. The first-order valence-electron chi connectivity index (χ1n) is 10.6. The van der Waals surface area contributed by atoms with Crippen molar-refractivity contribution in [1.82, 2.24) is 15.5 Å². The zero-order chi connectivity index (χ0) is 17.0. The van der Waals surface area contributed by atoms with Gasteiger partial charge < -0.3 is 15.5 Å². The fourth-order valence-corrected chi connectivity index (χ4v) is 4.16. The lowest BCUT2D eigenvalue weighted by atomic mass is 9.85. The highest BCUT2D eigenvalue weighted by atomic mass is 16.2. The number of nitrogens with one attached hydrogen (secondary N) is 2. The molecule has 4 heteroatoms. The van der Waals surface area contributed by atoms with E-state index in [-0.39, 0.29) is 6.03 Å². The van der Waals surface area contributed by atoms with Gasteiger partial charge in [0.25, 0.3) is 0 Å². The largest absolute Gasteiger partial charge is 0.334 e. The molecule has 2 amide bonds. The van der Waals surface area contributed by atoms with E-state index in [2.05, 4.69) is 17.6 Å². The summed E-state index contributed by atoms with van der Waals surface area (Å²) in [7, 11) is 0. The minimum Gasteiger partial charge on any atom is -0.334 e. The van der Waals surface area contributed by atoms with Crippen molar-refractivity contribution in [2.75, 3.05) is 26.2 Å². The number of hydrogen-bond donors (Lipinski definition) is 2. The van der Waals surface area contributed by atoms with Gasteiger partial charge in [0.2, 0.25) is 0 Å². The van der Waals surface area contributed by atoms with Crippen molar-refractivity contribution in [2.24, 2.45) is 5.92 Å². The van der Waals surface area contributed by atoms with Gasteiger partial charge >= 0.3 is 6.03 Å². The second-order valence-corrected chi connectivity index (χ2v) is 7.85. The van der Waals surface area contributed by atoms with Crippen LogP contribution in [0, 0.1) is 5.92 Å². The number of unbranched alkanes of at least 4 members (excludes halogenated alkanes) is 2. The first-order chi connectivity index (χ1) is 11.8. The van der Waals surface area contributed by atoms with Crippen molar-refractivity contribution in [1.29, 1.82) is 0 Å². The molecular weight excluding hydrogens is 298 g/mol. The Morgan fingerprint density at radius 1 is 1.04 bits per heavy atom. The summed E-state index contributed by atoms with van der Waals surface area (Å²) in [6.07, 6.45) is 15.4. The second kappa shape index (κ2) is 11.7. The van der Waals surface area contributed by atoms with Gasteiger partial charge in [0.1, 0.15) is 0 Å². The van der Waals surface area contributed by atoms with Crippen molar-refractivity contribution in [2.45, 2.75) is 90.0 Å². The summed E-state index contributed by atoms with van der Waals surface area (Å²) in [5.74, 6) is 0.808. The number of amides is 2. The molecule has 1 atom stereocenters. The zero-order valence-corrected chi connectivity index (χ0v) is 15.8. The average Bonchev–Trinajstić information content (AvgIpc) is 2.63. The maximum Gasteiger partial charge on any atom is 0.317 e. The van der Waals surface area contributed by atoms with Crippen molar-refractivity contribution < 1.29 is 4.79 Å². The van der Waals surface area contributed by atoms with Crippen LogP contribution in [0.25, 0.3) is 0 Å². The molecule has 0 radical (unpaired) electrons. The summed E-state index contributed by atoms with van der Waals surface area (Å²) >= 11 is 0. The molecule has 2 fully saturated rings. The molecule has 4 nitrogen and oxygen atoms in total. The highest BCUT2D eigenvalue weighted by molar-refractivity contribution is 5.74. The highest BCUT2D eigenvalue weighted by Crippen LogP contribution is 2.27. The summed E-state index contributed by atoms with van der Waals surface area (Å²) in [5.41, 5.74) is 0. The first-order valence-corrected chi connectivity index (χ1v) is 10.6. The SMILES string of the molecule is CCCCCNC[C@H](CC1CCCCC1)NC(=O)N1CCCCC1. The van der Waals surface area contributed by atoms with Gasteiger partial charge in [0, 0.05) is 25.7 Å². The number of carbonyl (C=O) groups is 1. The molecule has 2 rings (SSSR count). The molecule has 1 saturated heterocycles. The molecule has 1 heterocycles. The molecule has 140 valence electrons. The first kappa shape index (κ1) is 19.6. The minimum absolute atomic E-state index is 0.172. The number of carbonyl (C=O) groups excluding carboxylic acids is 1. The molecule has 2 N–H and O–H groups in total. The Morgan fingerprint density at radius 2 is 1.75 bits per heavy atom. The molecule has 24 heavy (non-hydrogen) atoms. The highest BCUT2D eigenvalue weighted by Gasteiger charge is 2.23. The molecule has 1 aliphatic heterocycles. The van der Waals surface area contributed by atoms with Gasteiger partial charge in [-0.1, -0.05) is 51.9 Å². The fourth-order valence-electron chi connectivity index (χ4n) is 4.16. The molecule has 0 unspecified atom stereocenters. The van der Waals surface area contributed by atoms with Gasteiger partial charge in [-0.05, 0) is 44.6 Å². The van der Waals surface area contributed by atoms with Gasteiger partial charge in [0.05, 0.1) is 0 Å². The van der Waals surface area contributed by atoms with E-state index in [9.17, 15) is 4.79 Å². The Hall–Kier alpha value is -0.770. The van der Waals surface area contributed by atoms with Gasteiger partial charge in [0.15, 0.2) is 0 Å². The summed E-state index contributed by atoms with van der Waals surface area (Å²) in [4.78, 5) is 14.6. The molecule has 0 bridgehead atoms. The molecule has 0 aromatic heterocycles. The van der Waals surface area contributed by atoms with Crippen molar-refractivity contribution in [3.63, 3.8) is 0 Å². The third-order valence-corrected chi connectivity index (χ3v) is 5.66. The summed E-state index contributed by atoms with van der Waals surface area (Å²) < 4.78 is 0. The summed E-state index contributed by atoms with van der Waals surface area (Å²) in [6.45, 7) is 6.12. The molecule has 1 aliphatic carbocycles. The van der Waals surface area contributed by atoms with E-state index >= 15 is 0 Å². The Kier molecular flexibility index (Phi) is 9.55. The number of likely N-dealkylation sites (tertiary alicyclic amines) is 1. The molecule has 2 aliphatic rings. The van der Waals surface area contributed by atoms with Gasteiger partial charge in [-0.15, -0.1) is 0 Å². The maximum atomic E-state index is 12.6. The molecule has 0 spiro atoms. The van der Waals surface area contributed by atoms with E-state index in [0.717, 1.165) is 51.4 Å². The Morgan fingerprint density at radius 3 is 2.46 bits per heavy atom. The second-order valence-electron chi connectivity index (χ2n) is 7.85. The standard InChI is InChI=1S/C20H39N3O/c1-2-3-8-13-21-17-19(16-18-11-6-4-7-12-18)22-20(24)23-14-9-5-10-15-23/h18-19,21H,2-17H2,1H3,(H,22,24)/t19-/m0/s1. The number of piperidine rings is 1. The number of hydrogen-bond acceptors (Lipinski definition) is 2. The summed E-state index contributed by atoms with van der Waals surface area (Å²) in [5, 5.41) is 6.93. The minimum atomic E-state index is 0.172. The van der Waals surface area contributed by atoms with Crippen molar-refractivity contribution >= 4 is 6.03 Å². The predicted octanol–water partition coefficient (Wildman–Crippen LogP) is 4.30. The van der Waals surface area contributed by atoms with Crippen LogP contribution in [0.15, 0.2) is 0 Å². The monoisotopic (exact) mass is 337 g/mol. The number of urea groups is 1. The molecule has 0 aromatic carbocycles. The van der Waals surface area contributed by atoms with Crippen LogP contribution in [0.5, 0.6) is 0 Å². The lowest BCUT2D eigenvalue weighted by Gasteiger charge is -2.31. The topological polar surface area (TPSA) is 44.4 Å². The maximum absolute atomic E-state index is 12.6. The number of nitrogens with zero attached hydrogens (tertiary/aromatic N) is 1. The van der Waals surface area contributed by atoms with Crippen LogP contribution in [-0.2, 0) is 0 Å². The van der Waals surface area contributed by atoms with Crippen LogP contribution < -0.4 is 10.6 Å². The van der Waals surface area contributed by atoms with Crippen LogP contribution in [0.2, 0.25) is 0 Å². The van der Waals surface area contributed by atoms with Crippen molar-refractivity contribution in [3.05, 3.63) is 0 Å². The van der Waals surface area contributed by atoms with Crippen LogP contribution in [-0.4, -0.2) is 43.2 Å². The summed E-state index contributed by atoms with van der Waals surface area (Å²) in [6, 6.07) is 0.468. The normalized spacial score (nSPS) is 20.8. The lowest BCUT2D eigenvalue weighted by molar-refractivity contribution is 0.178. The molecule has 1 saturated carbocycles. The Balaban J connectivity index is 1.77. The van der Waals surface area contributed by atoms with Gasteiger partial charge in [-0.2, -0.15) is 0 Å². The predicted molar refractivity (Wildman–Crippen MR) is 101 cm³/mol. The van der Waals surface area contributed by atoms with E-state index in [1.165, 1.54) is 57.8 Å². The fraction of sp³-hybridized carbons (Fsp3) is 0.950. The van der Waals surface area contributed by atoms with Gasteiger partial charge in [-0.3, -0.25) is 0 Å².